The van der Waals surface area contributed by atoms with E-state index in [-0.39, 0.29) is 5.91 Å². The first-order valence-corrected chi connectivity index (χ1v) is 6.85. The van der Waals surface area contributed by atoms with Crippen LogP contribution in [0.15, 0.2) is 24.3 Å². The van der Waals surface area contributed by atoms with E-state index in [0.29, 0.717) is 11.1 Å². The average Bonchev–Trinajstić information content (AvgIpc) is 2.77. The molecule has 0 aliphatic carbocycles. The Balaban J connectivity index is 2.15. The van der Waals surface area contributed by atoms with Gasteiger partial charge in [-0.15, -0.1) is 0 Å². The zero-order valence-corrected chi connectivity index (χ0v) is 11.2. The van der Waals surface area contributed by atoms with E-state index >= 15 is 0 Å². The number of benzene rings is 1. The second-order valence-electron chi connectivity index (χ2n) is 3.96. The lowest BCUT2D eigenvalue weighted by molar-refractivity contribution is 0.0750. The Bertz CT molecular complexity index is 379. The number of nitrogens with zero attached hydrogens (tertiary/aromatic N) is 1. The molecule has 1 fully saturated rings. The Morgan fingerprint density at radius 2 is 2.12 bits per heavy atom. The molecule has 2 rings (SSSR count). The smallest absolute Gasteiger partial charge is 0.254 e. The molecule has 0 N–H and O–H groups in total. The summed E-state index contributed by atoms with van der Waals surface area (Å²) >= 11 is 9.25. The molecule has 1 aliphatic heterocycles. The van der Waals surface area contributed by atoms with Gasteiger partial charge in [-0.25, -0.2) is 0 Å². The second kappa shape index (κ2) is 5.19. The van der Waals surface area contributed by atoms with Crippen molar-refractivity contribution < 1.29 is 4.79 Å². The molecule has 16 heavy (non-hydrogen) atoms. The highest BCUT2D eigenvalue weighted by molar-refractivity contribution is 9.09. The van der Waals surface area contributed by atoms with Gasteiger partial charge in [0.1, 0.15) is 0 Å². The quantitative estimate of drug-likeness (QED) is 0.767. The van der Waals surface area contributed by atoms with E-state index in [0.717, 1.165) is 30.3 Å². The summed E-state index contributed by atoms with van der Waals surface area (Å²) in [6.07, 6.45) is 2.18. The van der Waals surface area contributed by atoms with Crippen molar-refractivity contribution in [2.24, 2.45) is 0 Å². The first kappa shape index (κ1) is 11.9. The van der Waals surface area contributed by atoms with Gasteiger partial charge in [0.05, 0.1) is 0 Å². The summed E-state index contributed by atoms with van der Waals surface area (Å²) in [6.45, 7) is 0.859. The normalized spacial score (nSPS) is 20.1. The Morgan fingerprint density at radius 3 is 2.75 bits per heavy atom. The summed E-state index contributed by atoms with van der Waals surface area (Å²) in [6, 6.07) is 7.42. The fourth-order valence-electron chi connectivity index (χ4n) is 2.02. The van der Waals surface area contributed by atoms with E-state index in [9.17, 15) is 4.79 Å². The van der Waals surface area contributed by atoms with Crippen molar-refractivity contribution in [1.82, 2.24) is 4.90 Å². The van der Waals surface area contributed by atoms with E-state index < -0.39 is 0 Å². The largest absolute Gasteiger partial charge is 0.335 e. The number of carbonyl (C=O) groups excluding carboxylic acids is 1. The lowest BCUT2D eigenvalue weighted by Gasteiger charge is -2.23. The summed E-state index contributed by atoms with van der Waals surface area (Å²) < 4.78 is 0. The van der Waals surface area contributed by atoms with Gasteiger partial charge in [-0.2, -0.15) is 0 Å². The molecule has 1 amide bonds. The zero-order valence-electron chi connectivity index (χ0n) is 8.83. The van der Waals surface area contributed by atoms with Crippen molar-refractivity contribution in [3.8, 4) is 0 Å². The summed E-state index contributed by atoms with van der Waals surface area (Å²) in [5, 5.41) is 1.52. The van der Waals surface area contributed by atoms with Crippen molar-refractivity contribution in [3.63, 3.8) is 0 Å². The van der Waals surface area contributed by atoms with E-state index in [2.05, 4.69) is 15.9 Å². The van der Waals surface area contributed by atoms with Crippen LogP contribution in [0.25, 0.3) is 0 Å². The van der Waals surface area contributed by atoms with Gasteiger partial charge in [0.25, 0.3) is 5.91 Å². The maximum absolute atomic E-state index is 12.2. The number of likely N-dealkylation sites (tertiary alicyclic amines) is 1. The Labute approximate surface area is 109 Å². The molecular formula is C12H13BrClNO. The maximum atomic E-state index is 12.2. The highest BCUT2D eigenvalue weighted by Gasteiger charge is 2.28. The molecule has 2 nitrogen and oxygen atoms in total. The van der Waals surface area contributed by atoms with E-state index in [1.165, 1.54) is 0 Å². The molecule has 1 unspecified atom stereocenters. The third-order valence-corrected chi connectivity index (χ3v) is 3.91. The number of hydrogen-bond donors (Lipinski definition) is 0. The number of carbonyl (C=O) groups is 1. The van der Waals surface area contributed by atoms with Crippen LogP contribution in [0, 0.1) is 0 Å². The lowest BCUT2D eigenvalue weighted by Crippen LogP contribution is -2.36. The van der Waals surface area contributed by atoms with Crippen LogP contribution < -0.4 is 0 Å². The number of alkyl halides is 1. The van der Waals surface area contributed by atoms with Gasteiger partial charge in [-0.05, 0) is 37.1 Å². The Hall–Kier alpha value is -0.540. The van der Waals surface area contributed by atoms with E-state index in [1.54, 1.807) is 24.3 Å². The van der Waals surface area contributed by atoms with Gasteiger partial charge < -0.3 is 4.90 Å². The molecule has 0 spiro atoms. The average molecular weight is 303 g/mol. The molecule has 4 heteroatoms. The van der Waals surface area contributed by atoms with Crippen LogP contribution in [0.1, 0.15) is 23.2 Å². The highest BCUT2D eigenvalue weighted by atomic mass is 79.9. The first-order chi connectivity index (χ1) is 7.72. The second-order valence-corrected chi connectivity index (χ2v) is 5.04. The zero-order chi connectivity index (χ0) is 11.5. The fraction of sp³-hybridized carbons (Fsp3) is 0.417. The topological polar surface area (TPSA) is 20.3 Å². The number of amides is 1. The lowest BCUT2D eigenvalue weighted by atomic mass is 10.2. The minimum atomic E-state index is 0.110. The molecule has 1 atom stereocenters. The molecule has 1 aromatic rings. The standard InChI is InChI=1S/C12H13BrClNO/c13-8-11-2-1-7-15(11)12(16)9-3-5-10(14)6-4-9/h3-6,11H,1-2,7-8H2. The van der Waals surface area contributed by atoms with Gasteiger partial charge in [-0.3, -0.25) is 4.79 Å². The van der Waals surface area contributed by atoms with Crippen LogP contribution in [0.5, 0.6) is 0 Å². The van der Waals surface area contributed by atoms with Crippen LogP contribution in [0.2, 0.25) is 5.02 Å². The molecule has 1 heterocycles. The molecule has 1 saturated heterocycles. The Kier molecular flexibility index (Phi) is 3.87. The molecule has 1 aromatic carbocycles. The minimum absolute atomic E-state index is 0.110. The summed E-state index contributed by atoms with van der Waals surface area (Å²) in [5.41, 5.74) is 0.720. The van der Waals surface area contributed by atoms with E-state index in [4.69, 9.17) is 11.6 Å². The van der Waals surface area contributed by atoms with Crippen molar-refractivity contribution in [1.29, 1.82) is 0 Å². The summed E-state index contributed by atoms with van der Waals surface area (Å²) in [4.78, 5) is 14.1. The van der Waals surface area contributed by atoms with Crippen molar-refractivity contribution in [2.45, 2.75) is 18.9 Å². The molecule has 86 valence electrons. The number of halogens is 2. The van der Waals surface area contributed by atoms with Crippen LogP contribution in [0.4, 0.5) is 0 Å². The molecule has 0 aromatic heterocycles. The molecule has 0 radical (unpaired) electrons. The van der Waals surface area contributed by atoms with Gasteiger partial charge in [0.2, 0.25) is 0 Å². The first-order valence-electron chi connectivity index (χ1n) is 5.35. The van der Waals surface area contributed by atoms with E-state index in [1.807, 2.05) is 4.90 Å². The van der Waals surface area contributed by atoms with Crippen molar-refractivity contribution in [3.05, 3.63) is 34.9 Å². The minimum Gasteiger partial charge on any atom is -0.335 e. The van der Waals surface area contributed by atoms with Crippen molar-refractivity contribution in [2.75, 3.05) is 11.9 Å². The van der Waals surface area contributed by atoms with Gasteiger partial charge in [0, 0.05) is 28.5 Å². The summed E-state index contributed by atoms with van der Waals surface area (Å²) in [7, 11) is 0. The summed E-state index contributed by atoms with van der Waals surface area (Å²) in [5.74, 6) is 0.110. The molecule has 0 saturated carbocycles. The van der Waals surface area contributed by atoms with Crippen LogP contribution in [0.3, 0.4) is 0 Å². The van der Waals surface area contributed by atoms with Crippen LogP contribution in [-0.4, -0.2) is 28.7 Å². The number of hydrogen-bond acceptors (Lipinski definition) is 1. The Morgan fingerprint density at radius 1 is 1.44 bits per heavy atom. The number of rotatable bonds is 2. The van der Waals surface area contributed by atoms with Gasteiger partial charge in [-0.1, -0.05) is 27.5 Å². The fourth-order valence-corrected chi connectivity index (χ4v) is 2.82. The monoisotopic (exact) mass is 301 g/mol. The third kappa shape index (κ3) is 2.41. The molecule has 1 aliphatic rings. The van der Waals surface area contributed by atoms with Gasteiger partial charge >= 0.3 is 0 Å². The third-order valence-electron chi connectivity index (χ3n) is 2.91. The molecule has 0 bridgehead atoms. The van der Waals surface area contributed by atoms with Crippen molar-refractivity contribution >= 4 is 33.4 Å². The predicted octanol–water partition coefficient (Wildman–Crippen LogP) is 3.34. The maximum Gasteiger partial charge on any atom is 0.254 e. The highest BCUT2D eigenvalue weighted by Crippen LogP contribution is 2.22. The van der Waals surface area contributed by atoms with Gasteiger partial charge in [0.15, 0.2) is 0 Å². The van der Waals surface area contributed by atoms with Crippen LogP contribution >= 0.6 is 27.5 Å². The SMILES string of the molecule is O=C(c1ccc(Cl)cc1)N1CCCC1CBr. The molecular weight excluding hydrogens is 289 g/mol. The van der Waals surface area contributed by atoms with Crippen LogP contribution in [-0.2, 0) is 0 Å². The predicted molar refractivity (Wildman–Crippen MR) is 69.3 cm³/mol.